The van der Waals surface area contributed by atoms with Crippen molar-refractivity contribution in [2.75, 3.05) is 26.9 Å². The molecular formula is C14H24N2O5. The Labute approximate surface area is 124 Å². The van der Waals surface area contributed by atoms with E-state index in [0.717, 1.165) is 19.3 Å². The Morgan fingerprint density at radius 3 is 2.48 bits per heavy atom. The maximum Gasteiger partial charge on any atom is 0.329 e. The summed E-state index contributed by atoms with van der Waals surface area (Å²) < 4.78 is 10.7. The lowest BCUT2D eigenvalue weighted by Crippen LogP contribution is -2.59. The van der Waals surface area contributed by atoms with Crippen LogP contribution in [0, 0.1) is 0 Å². The molecule has 1 saturated heterocycles. The first-order valence-corrected chi connectivity index (χ1v) is 7.44. The lowest BCUT2D eigenvalue weighted by molar-refractivity contribution is -0.145. The van der Waals surface area contributed by atoms with Crippen LogP contribution in [-0.4, -0.2) is 55.1 Å². The molecule has 1 heterocycles. The summed E-state index contributed by atoms with van der Waals surface area (Å²) in [7, 11) is 1.59. The van der Waals surface area contributed by atoms with Gasteiger partial charge in [0.2, 0.25) is 0 Å². The van der Waals surface area contributed by atoms with E-state index >= 15 is 0 Å². The van der Waals surface area contributed by atoms with E-state index in [1.54, 1.807) is 7.11 Å². The molecule has 1 aliphatic heterocycles. The van der Waals surface area contributed by atoms with Gasteiger partial charge in [-0.2, -0.15) is 0 Å². The number of aliphatic carboxylic acids is 1. The van der Waals surface area contributed by atoms with E-state index in [1.165, 1.54) is 0 Å². The Morgan fingerprint density at radius 1 is 1.24 bits per heavy atom. The van der Waals surface area contributed by atoms with Crippen LogP contribution in [0.1, 0.15) is 38.5 Å². The molecule has 0 aromatic carbocycles. The second-order valence-corrected chi connectivity index (χ2v) is 5.95. The van der Waals surface area contributed by atoms with Crippen molar-refractivity contribution in [1.29, 1.82) is 0 Å². The number of hydrogen-bond donors (Lipinski definition) is 3. The molecule has 7 nitrogen and oxygen atoms in total. The molecule has 2 rings (SSSR count). The van der Waals surface area contributed by atoms with Crippen LogP contribution in [0.4, 0.5) is 4.79 Å². The molecule has 2 aliphatic rings. The van der Waals surface area contributed by atoms with Crippen LogP contribution in [0.5, 0.6) is 0 Å². The van der Waals surface area contributed by atoms with Gasteiger partial charge in [-0.05, 0) is 12.8 Å². The number of methoxy groups -OCH3 is 1. The van der Waals surface area contributed by atoms with Gasteiger partial charge < -0.3 is 25.2 Å². The molecule has 0 aromatic heterocycles. The molecule has 0 aromatic rings. The highest BCUT2D eigenvalue weighted by Gasteiger charge is 2.41. The summed E-state index contributed by atoms with van der Waals surface area (Å²) in [5.74, 6) is -0.956. The lowest BCUT2D eigenvalue weighted by Gasteiger charge is -2.34. The average molecular weight is 300 g/mol. The van der Waals surface area contributed by atoms with Gasteiger partial charge in [-0.1, -0.05) is 19.3 Å². The second-order valence-electron chi connectivity index (χ2n) is 5.95. The third kappa shape index (κ3) is 3.65. The fraction of sp³-hybridized carbons (Fsp3) is 0.857. The van der Waals surface area contributed by atoms with E-state index < -0.39 is 23.1 Å². The standard InChI is InChI=1S/C14H24N2O5/c1-20-13(7-8-21-10-13)9-15-12(19)16-14(11(17)18)5-3-2-4-6-14/h2-10H2,1H3,(H,17,18)(H2,15,16,19). The summed E-state index contributed by atoms with van der Waals surface area (Å²) in [4.78, 5) is 23.6. The summed E-state index contributed by atoms with van der Waals surface area (Å²) in [5, 5.41) is 14.8. The van der Waals surface area contributed by atoms with E-state index in [2.05, 4.69) is 10.6 Å². The molecule has 0 bridgehead atoms. The zero-order valence-electron chi connectivity index (χ0n) is 12.4. The van der Waals surface area contributed by atoms with E-state index in [1.807, 2.05) is 0 Å². The van der Waals surface area contributed by atoms with Gasteiger partial charge in [0, 0.05) is 20.1 Å². The topological polar surface area (TPSA) is 96.9 Å². The van der Waals surface area contributed by atoms with E-state index in [4.69, 9.17) is 9.47 Å². The minimum atomic E-state index is -1.13. The molecule has 3 N–H and O–H groups in total. The molecule has 2 amide bonds. The molecule has 1 aliphatic carbocycles. The van der Waals surface area contributed by atoms with Crippen molar-refractivity contribution < 1.29 is 24.2 Å². The van der Waals surface area contributed by atoms with Crippen LogP contribution in [0.3, 0.4) is 0 Å². The van der Waals surface area contributed by atoms with Crippen LogP contribution < -0.4 is 10.6 Å². The summed E-state index contributed by atoms with van der Waals surface area (Å²) in [5.41, 5.74) is -1.63. The SMILES string of the molecule is COC1(CNC(=O)NC2(C(=O)O)CCCCC2)CCOC1. The fourth-order valence-electron chi connectivity index (χ4n) is 3.01. The van der Waals surface area contributed by atoms with E-state index in [9.17, 15) is 14.7 Å². The number of nitrogens with one attached hydrogen (secondary N) is 2. The zero-order chi connectivity index (χ0) is 15.3. The van der Waals surface area contributed by atoms with E-state index in [-0.39, 0.29) is 0 Å². The third-order valence-corrected chi connectivity index (χ3v) is 4.54. The summed E-state index contributed by atoms with van der Waals surface area (Å²) in [6.45, 7) is 1.36. The maximum absolute atomic E-state index is 12.1. The number of carbonyl (C=O) groups excluding carboxylic acids is 1. The monoisotopic (exact) mass is 300 g/mol. The van der Waals surface area contributed by atoms with Crippen molar-refractivity contribution in [2.45, 2.75) is 49.7 Å². The minimum absolute atomic E-state index is 0.311. The van der Waals surface area contributed by atoms with Gasteiger partial charge in [0.15, 0.2) is 0 Å². The van der Waals surface area contributed by atoms with Gasteiger partial charge >= 0.3 is 12.0 Å². The largest absolute Gasteiger partial charge is 0.480 e. The number of amides is 2. The number of carboxylic acid groups (broad SMARTS) is 1. The number of hydrogen-bond acceptors (Lipinski definition) is 4. The van der Waals surface area contributed by atoms with Gasteiger partial charge in [0.25, 0.3) is 0 Å². The smallest absolute Gasteiger partial charge is 0.329 e. The first-order valence-electron chi connectivity index (χ1n) is 7.44. The molecule has 0 spiro atoms. The van der Waals surface area contributed by atoms with Crippen LogP contribution in [0.15, 0.2) is 0 Å². The highest BCUT2D eigenvalue weighted by molar-refractivity contribution is 5.86. The Hall–Kier alpha value is -1.34. The van der Waals surface area contributed by atoms with Crippen LogP contribution >= 0.6 is 0 Å². The van der Waals surface area contributed by atoms with E-state index in [0.29, 0.717) is 39.0 Å². The van der Waals surface area contributed by atoms with Crippen LogP contribution in [0.2, 0.25) is 0 Å². The molecule has 1 saturated carbocycles. The molecule has 1 atom stereocenters. The number of ether oxygens (including phenoxy) is 2. The Morgan fingerprint density at radius 2 is 1.95 bits per heavy atom. The van der Waals surface area contributed by atoms with Gasteiger partial charge in [-0.25, -0.2) is 9.59 Å². The summed E-state index contributed by atoms with van der Waals surface area (Å²) in [6, 6.07) is -0.456. The zero-order valence-corrected chi connectivity index (χ0v) is 12.4. The van der Waals surface area contributed by atoms with Gasteiger partial charge in [-0.3, -0.25) is 0 Å². The van der Waals surface area contributed by atoms with Crippen molar-refractivity contribution >= 4 is 12.0 Å². The molecule has 0 radical (unpaired) electrons. The molecule has 1 unspecified atom stereocenters. The van der Waals surface area contributed by atoms with Gasteiger partial charge in [0.05, 0.1) is 13.2 Å². The lowest BCUT2D eigenvalue weighted by atomic mass is 9.82. The van der Waals surface area contributed by atoms with Crippen molar-refractivity contribution in [3.05, 3.63) is 0 Å². The predicted octanol–water partition coefficient (Wildman–Crippen LogP) is 0.879. The number of urea groups is 1. The first-order chi connectivity index (χ1) is 10.0. The highest BCUT2D eigenvalue weighted by atomic mass is 16.5. The first kappa shape index (κ1) is 16.0. The molecule has 120 valence electrons. The van der Waals surface area contributed by atoms with Gasteiger partial charge in [0.1, 0.15) is 11.1 Å². The fourth-order valence-corrected chi connectivity index (χ4v) is 3.01. The number of rotatable bonds is 5. The maximum atomic E-state index is 12.1. The highest BCUT2D eigenvalue weighted by Crippen LogP contribution is 2.28. The normalized spacial score (nSPS) is 28.0. The molecular weight excluding hydrogens is 276 g/mol. The van der Waals surface area contributed by atoms with Crippen LogP contribution in [0.25, 0.3) is 0 Å². The Balaban J connectivity index is 1.89. The minimum Gasteiger partial charge on any atom is -0.480 e. The third-order valence-electron chi connectivity index (χ3n) is 4.54. The summed E-state index contributed by atoms with van der Waals surface area (Å²) >= 11 is 0. The Kier molecular flexibility index (Phi) is 5.05. The predicted molar refractivity (Wildman–Crippen MR) is 75.2 cm³/mol. The molecule has 7 heteroatoms. The average Bonchev–Trinajstić information content (AvgIpc) is 2.95. The number of carboxylic acids is 1. The van der Waals surface area contributed by atoms with Crippen molar-refractivity contribution in [3.8, 4) is 0 Å². The Bertz CT molecular complexity index is 387. The van der Waals surface area contributed by atoms with Gasteiger partial charge in [-0.15, -0.1) is 0 Å². The van der Waals surface area contributed by atoms with Crippen molar-refractivity contribution in [1.82, 2.24) is 10.6 Å². The number of carbonyl (C=O) groups is 2. The summed E-state index contributed by atoms with van der Waals surface area (Å²) in [6.07, 6.45) is 4.34. The second kappa shape index (κ2) is 6.62. The molecule has 21 heavy (non-hydrogen) atoms. The molecule has 2 fully saturated rings. The van der Waals surface area contributed by atoms with Crippen molar-refractivity contribution in [3.63, 3.8) is 0 Å². The van der Waals surface area contributed by atoms with Crippen LogP contribution in [-0.2, 0) is 14.3 Å². The van der Waals surface area contributed by atoms with Crippen molar-refractivity contribution in [2.24, 2.45) is 0 Å². The quantitative estimate of drug-likeness (QED) is 0.700.